The van der Waals surface area contributed by atoms with Crippen molar-refractivity contribution in [3.8, 4) is 5.75 Å². The predicted octanol–water partition coefficient (Wildman–Crippen LogP) is 10.3. The standard InChI is InChI=1S/C43H56O4/c1-27(2)9-8-10-28(3)37-17-18-38-35-15-13-29-25-31(19-21-42(29,4)39(35)20-22-43(37,38)5)47-24-23-46-30-14-16-34-36(26-30)41(45)33-12-7-6-11-32(33)40(34)44/h6-7,11-14,16,26-28,31,35,37-39H,8-10,15,17-25H2,1-5H3/t28-,31+,35+,37-,38+,39+,42+,43-/m1/s1. The van der Waals surface area contributed by atoms with Gasteiger partial charge < -0.3 is 9.47 Å². The third-order valence-electron chi connectivity index (χ3n) is 13.9. The molecule has 0 amide bonds. The number of carbonyl (C=O) groups excluding carboxylic acids is 2. The van der Waals surface area contributed by atoms with Crippen molar-refractivity contribution in [1.29, 1.82) is 0 Å². The molecule has 4 heteroatoms. The fraction of sp³-hybridized carbons (Fsp3) is 0.628. The van der Waals surface area contributed by atoms with Gasteiger partial charge in [0.2, 0.25) is 0 Å². The van der Waals surface area contributed by atoms with E-state index in [0.29, 0.717) is 52.0 Å². The van der Waals surface area contributed by atoms with Crippen molar-refractivity contribution in [2.45, 2.75) is 111 Å². The first-order valence-corrected chi connectivity index (χ1v) is 18.9. The number of ketones is 2. The fourth-order valence-electron chi connectivity index (χ4n) is 11.3. The number of benzene rings is 2. The molecule has 5 aliphatic carbocycles. The van der Waals surface area contributed by atoms with Crippen LogP contribution in [0.1, 0.15) is 137 Å². The molecule has 7 rings (SSSR count). The minimum absolute atomic E-state index is 0.102. The lowest BCUT2D eigenvalue weighted by molar-refractivity contribution is -0.0653. The Balaban J connectivity index is 0.929. The Morgan fingerprint density at radius 2 is 1.55 bits per heavy atom. The third kappa shape index (κ3) is 5.85. The maximum absolute atomic E-state index is 13.1. The second-order valence-corrected chi connectivity index (χ2v) is 16.8. The molecule has 0 N–H and O–H groups in total. The summed E-state index contributed by atoms with van der Waals surface area (Å²) in [5.74, 6) is 5.55. The lowest BCUT2D eigenvalue weighted by Crippen LogP contribution is -2.51. The summed E-state index contributed by atoms with van der Waals surface area (Å²) in [6.07, 6.45) is 17.5. The average Bonchev–Trinajstić information content (AvgIpc) is 3.42. The number of allylic oxidation sites excluding steroid dienone is 1. The van der Waals surface area contributed by atoms with Crippen LogP contribution >= 0.6 is 0 Å². The summed E-state index contributed by atoms with van der Waals surface area (Å²) >= 11 is 0. The number of carbonyl (C=O) groups is 2. The number of rotatable bonds is 10. The highest BCUT2D eigenvalue weighted by atomic mass is 16.5. The van der Waals surface area contributed by atoms with Gasteiger partial charge in [-0.3, -0.25) is 9.59 Å². The third-order valence-corrected chi connectivity index (χ3v) is 13.9. The number of fused-ring (bicyclic) bond motifs is 7. The molecule has 0 saturated heterocycles. The van der Waals surface area contributed by atoms with Gasteiger partial charge in [-0.2, -0.15) is 0 Å². The topological polar surface area (TPSA) is 52.6 Å². The van der Waals surface area contributed by atoms with Crippen LogP contribution in [0.5, 0.6) is 5.75 Å². The summed E-state index contributed by atoms with van der Waals surface area (Å²) in [5, 5.41) is 0. The summed E-state index contributed by atoms with van der Waals surface area (Å²) in [7, 11) is 0. The van der Waals surface area contributed by atoms with Gasteiger partial charge in [0, 0.05) is 22.3 Å². The molecule has 0 heterocycles. The highest BCUT2D eigenvalue weighted by Crippen LogP contribution is 2.67. The Hall–Kier alpha value is -2.72. The van der Waals surface area contributed by atoms with Crippen molar-refractivity contribution in [3.05, 3.63) is 76.4 Å². The average molecular weight is 637 g/mol. The quantitative estimate of drug-likeness (QED) is 0.164. The van der Waals surface area contributed by atoms with E-state index in [1.807, 2.05) is 0 Å². The first kappa shape index (κ1) is 32.8. The van der Waals surface area contributed by atoms with E-state index < -0.39 is 0 Å². The maximum atomic E-state index is 13.1. The largest absolute Gasteiger partial charge is 0.491 e. The zero-order chi connectivity index (χ0) is 32.9. The van der Waals surface area contributed by atoms with E-state index in [1.165, 1.54) is 57.8 Å². The molecule has 8 atom stereocenters. The van der Waals surface area contributed by atoms with E-state index in [9.17, 15) is 9.59 Å². The first-order valence-electron chi connectivity index (χ1n) is 18.9. The van der Waals surface area contributed by atoms with Gasteiger partial charge in [-0.25, -0.2) is 0 Å². The lowest BCUT2D eigenvalue weighted by atomic mass is 9.47. The smallest absolute Gasteiger partial charge is 0.194 e. The molecular weight excluding hydrogens is 580 g/mol. The normalized spacial score (nSPS) is 33.3. The molecule has 3 saturated carbocycles. The highest BCUT2D eigenvalue weighted by Gasteiger charge is 2.59. The Labute approximate surface area is 283 Å². The fourth-order valence-corrected chi connectivity index (χ4v) is 11.3. The molecule has 0 aromatic heterocycles. The summed E-state index contributed by atoms with van der Waals surface area (Å²) in [6.45, 7) is 13.5. The van der Waals surface area contributed by atoms with E-state index >= 15 is 0 Å². The van der Waals surface area contributed by atoms with Gasteiger partial charge in [0.05, 0.1) is 12.7 Å². The van der Waals surface area contributed by atoms with Crippen molar-refractivity contribution < 1.29 is 19.1 Å². The van der Waals surface area contributed by atoms with E-state index in [4.69, 9.17) is 9.47 Å². The molecular formula is C43H56O4. The van der Waals surface area contributed by atoms with Gasteiger partial charge in [0.1, 0.15) is 12.4 Å². The van der Waals surface area contributed by atoms with Gasteiger partial charge in [-0.15, -0.1) is 0 Å². The van der Waals surface area contributed by atoms with Crippen LogP contribution in [0.4, 0.5) is 0 Å². The number of hydrogen-bond donors (Lipinski definition) is 0. The van der Waals surface area contributed by atoms with Crippen LogP contribution in [0.15, 0.2) is 54.1 Å². The molecule has 3 fully saturated rings. The molecule has 0 bridgehead atoms. The molecule has 252 valence electrons. The van der Waals surface area contributed by atoms with Crippen molar-refractivity contribution in [1.82, 2.24) is 0 Å². The summed E-state index contributed by atoms with van der Waals surface area (Å²) in [5.41, 5.74) is 4.34. The summed E-state index contributed by atoms with van der Waals surface area (Å²) in [4.78, 5) is 26.0. The first-order chi connectivity index (χ1) is 22.6. The monoisotopic (exact) mass is 636 g/mol. The minimum atomic E-state index is -0.118. The zero-order valence-corrected chi connectivity index (χ0v) is 29.5. The van der Waals surface area contributed by atoms with Crippen LogP contribution in [-0.2, 0) is 4.74 Å². The molecule has 2 aromatic rings. The van der Waals surface area contributed by atoms with Crippen LogP contribution in [0.2, 0.25) is 0 Å². The summed E-state index contributed by atoms with van der Waals surface area (Å²) < 4.78 is 12.5. The van der Waals surface area contributed by atoms with E-state index in [-0.39, 0.29) is 17.7 Å². The number of ether oxygens (including phenoxy) is 2. The summed E-state index contributed by atoms with van der Waals surface area (Å²) in [6, 6.07) is 12.3. The minimum Gasteiger partial charge on any atom is -0.491 e. The van der Waals surface area contributed by atoms with Crippen LogP contribution in [0.3, 0.4) is 0 Å². The van der Waals surface area contributed by atoms with Crippen molar-refractivity contribution in [2.75, 3.05) is 13.2 Å². The molecule has 5 aliphatic rings. The second kappa shape index (κ2) is 13.0. The van der Waals surface area contributed by atoms with Gasteiger partial charge in [0.15, 0.2) is 11.6 Å². The van der Waals surface area contributed by atoms with Crippen LogP contribution in [-0.4, -0.2) is 30.9 Å². The van der Waals surface area contributed by atoms with E-state index in [2.05, 4.69) is 40.7 Å². The van der Waals surface area contributed by atoms with Crippen molar-refractivity contribution in [2.24, 2.45) is 46.3 Å². The highest BCUT2D eigenvalue weighted by molar-refractivity contribution is 6.28. The molecule has 0 unspecified atom stereocenters. The number of hydrogen-bond acceptors (Lipinski definition) is 4. The van der Waals surface area contributed by atoms with E-state index in [0.717, 1.165) is 48.3 Å². The SMILES string of the molecule is CC(C)CCC[C@@H](C)[C@H]1CC[C@H]2[C@@H]3CC=C4C[C@@H](OCCOc5ccc6c(c5)C(=O)c5ccccc5C6=O)CC[C@]4(C)[C@H]3CC[C@]12C. The molecule has 2 aromatic carbocycles. The Morgan fingerprint density at radius 1 is 0.809 bits per heavy atom. The van der Waals surface area contributed by atoms with Gasteiger partial charge in [0.25, 0.3) is 0 Å². The molecule has 4 nitrogen and oxygen atoms in total. The maximum Gasteiger partial charge on any atom is 0.194 e. The van der Waals surface area contributed by atoms with Gasteiger partial charge >= 0.3 is 0 Å². The molecule has 0 aliphatic heterocycles. The predicted molar refractivity (Wildman–Crippen MR) is 188 cm³/mol. The van der Waals surface area contributed by atoms with Crippen molar-refractivity contribution >= 4 is 11.6 Å². The van der Waals surface area contributed by atoms with Crippen LogP contribution in [0, 0.1) is 46.3 Å². The van der Waals surface area contributed by atoms with Crippen molar-refractivity contribution in [3.63, 3.8) is 0 Å². The lowest BCUT2D eigenvalue weighted by Gasteiger charge is -2.58. The van der Waals surface area contributed by atoms with Gasteiger partial charge in [-0.1, -0.05) is 89.8 Å². The second-order valence-electron chi connectivity index (χ2n) is 16.8. The Kier molecular flexibility index (Phi) is 9.04. The molecule has 0 radical (unpaired) electrons. The van der Waals surface area contributed by atoms with Gasteiger partial charge in [-0.05, 0) is 116 Å². The van der Waals surface area contributed by atoms with Crippen LogP contribution < -0.4 is 4.74 Å². The zero-order valence-electron chi connectivity index (χ0n) is 29.5. The molecule has 47 heavy (non-hydrogen) atoms. The van der Waals surface area contributed by atoms with Crippen LogP contribution in [0.25, 0.3) is 0 Å². The van der Waals surface area contributed by atoms with E-state index in [1.54, 1.807) is 48.0 Å². The Morgan fingerprint density at radius 3 is 2.32 bits per heavy atom. The Bertz CT molecular complexity index is 1540. The molecule has 0 spiro atoms.